The Morgan fingerprint density at radius 2 is 1.78 bits per heavy atom. The highest BCUT2D eigenvalue weighted by Gasteiger charge is 2.40. The van der Waals surface area contributed by atoms with E-state index in [4.69, 9.17) is 14.7 Å². The van der Waals surface area contributed by atoms with Crippen molar-refractivity contribution in [2.24, 2.45) is 0 Å². The molecule has 192 valence electrons. The van der Waals surface area contributed by atoms with E-state index < -0.39 is 5.60 Å². The quantitative estimate of drug-likeness (QED) is 0.515. The Bertz CT molecular complexity index is 1220. The zero-order valence-corrected chi connectivity index (χ0v) is 22.1. The van der Waals surface area contributed by atoms with Gasteiger partial charge in [0.1, 0.15) is 17.1 Å². The Kier molecular flexibility index (Phi) is 6.64. The van der Waals surface area contributed by atoms with Crippen LogP contribution in [0, 0.1) is 6.92 Å². The Balaban J connectivity index is 1.54. The number of carbonyl (C=O) groups is 1. The van der Waals surface area contributed by atoms with Crippen molar-refractivity contribution in [3.05, 3.63) is 59.7 Å². The number of aromatic nitrogens is 3. The molecule has 0 aromatic carbocycles. The summed E-state index contributed by atoms with van der Waals surface area (Å²) in [4.78, 5) is 30.1. The second-order valence-electron chi connectivity index (χ2n) is 11.1. The van der Waals surface area contributed by atoms with E-state index in [9.17, 15) is 4.79 Å². The smallest absolute Gasteiger partial charge is 0.411 e. The van der Waals surface area contributed by atoms with Gasteiger partial charge in [0.05, 0.1) is 23.5 Å². The van der Waals surface area contributed by atoms with Gasteiger partial charge in [0.2, 0.25) is 0 Å². The predicted molar refractivity (Wildman–Crippen MR) is 141 cm³/mol. The van der Waals surface area contributed by atoms with Gasteiger partial charge < -0.3 is 14.5 Å². The molecule has 0 radical (unpaired) electrons. The average molecular weight is 491 g/mol. The number of amides is 1. The molecule has 0 bridgehead atoms. The molecule has 2 saturated heterocycles. The molecular weight excluding hydrogens is 452 g/mol. The number of nitrogens with zero attached hydrogens (tertiary/aromatic N) is 6. The maximum absolute atomic E-state index is 13.7. The number of fused-ring (bicyclic) bond motifs is 1. The van der Waals surface area contributed by atoms with Gasteiger partial charge in [-0.2, -0.15) is 0 Å². The molecule has 1 amide bonds. The second-order valence-corrected chi connectivity index (χ2v) is 11.1. The van der Waals surface area contributed by atoms with Crippen LogP contribution in [0.15, 0.2) is 42.7 Å². The molecule has 0 saturated carbocycles. The minimum atomic E-state index is -0.587. The highest BCUT2D eigenvalue weighted by atomic mass is 16.6. The normalized spacial score (nSPS) is 21.7. The van der Waals surface area contributed by atoms with Crippen molar-refractivity contribution in [3.63, 3.8) is 0 Å². The fourth-order valence-corrected chi connectivity index (χ4v) is 5.44. The van der Waals surface area contributed by atoms with Crippen molar-refractivity contribution >= 4 is 17.6 Å². The number of pyridine rings is 2. The topological polar surface area (TPSA) is 66.2 Å². The highest BCUT2D eigenvalue weighted by molar-refractivity contribution is 5.70. The zero-order valence-electron chi connectivity index (χ0n) is 22.1. The fourth-order valence-electron chi connectivity index (χ4n) is 5.44. The lowest BCUT2D eigenvalue weighted by molar-refractivity contribution is -0.00795. The van der Waals surface area contributed by atoms with Crippen LogP contribution in [0.2, 0.25) is 0 Å². The summed E-state index contributed by atoms with van der Waals surface area (Å²) in [6.45, 7) is 11.9. The number of piperazine rings is 1. The van der Waals surface area contributed by atoms with Gasteiger partial charge in [-0.1, -0.05) is 12.1 Å². The van der Waals surface area contributed by atoms with Crippen LogP contribution < -0.4 is 4.90 Å². The fraction of sp³-hybridized carbons (Fsp3) is 0.536. The molecule has 2 atom stereocenters. The van der Waals surface area contributed by atoms with Crippen molar-refractivity contribution in [3.8, 4) is 0 Å². The predicted octanol–water partition coefficient (Wildman–Crippen LogP) is 4.99. The van der Waals surface area contributed by atoms with Gasteiger partial charge in [-0.05, 0) is 77.8 Å². The van der Waals surface area contributed by atoms with Crippen LogP contribution in [0.3, 0.4) is 0 Å². The summed E-state index contributed by atoms with van der Waals surface area (Å²) in [5.74, 6) is 1.15. The molecule has 8 nitrogen and oxygen atoms in total. The van der Waals surface area contributed by atoms with Crippen LogP contribution in [0.5, 0.6) is 0 Å². The standard InChI is InChI=1S/C28H38N6O2/c1-20-9-8-14-29-26(20)23-11-6-10-22(34(23)27(35)36-28(2,3)4)21-19-33-24(30-21)12-7-13-25(33)32-17-15-31(5)16-18-32/h7-9,12-14,19,22-23H,6,10-11,15-18H2,1-5H3/t22-,23+/m0/s1. The first kappa shape index (κ1) is 24.6. The van der Waals surface area contributed by atoms with Crippen molar-refractivity contribution < 1.29 is 9.53 Å². The number of likely N-dealkylation sites (tertiary alicyclic amines) is 1. The average Bonchev–Trinajstić information content (AvgIpc) is 3.28. The molecule has 0 spiro atoms. The van der Waals surface area contributed by atoms with E-state index in [1.807, 2.05) is 44.0 Å². The SMILES string of the molecule is Cc1cccnc1[C@H]1CCC[C@@H](c2cn3c(N4CCN(C)CC4)cccc3n2)N1C(=O)OC(C)(C)C. The number of carbonyl (C=O) groups excluding carboxylic acids is 1. The first-order chi connectivity index (χ1) is 17.2. The third kappa shape index (κ3) is 4.91. The largest absolute Gasteiger partial charge is 0.444 e. The molecule has 3 aromatic heterocycles. The van der Waals surface area contributed by atoms with Crippen LogP contribution >= 0.6 is 0 Å². The Labute approximate surface area is 213 Å². The van der Waals surface area contributed by atoms with Crippen molar-refractivity contribution in [1.82, 2.24) is 24.2 Å². The van der Waals surface area contributed by atoms with Gasteiger partial charge in [0, 0.05) is 38.6 Å². The lowest BCUT2D eigenvalue weighted by Gasteiger charge is -2.42. The molecule has 2 aliphatic rings. The summed E-state index contributed by atoms with van der Waals surface area (Å²) in [7, 11) is 2.17. The first-order valence-electron chi connectivity index (χ1n) is 13.1. The van der Waals surface area contributed by atoms with Crippen molar-refractivity contribution in [1.29, 1.82) is 0 Å². The van der Waals surface area contributed by atoms with Crippen molar-refractivity contribution in [2.75, 3.05) is 38.1 Å². The van der Waals surface area contributed by atoms with Crippen molar-refractivity contribution in [2.45, 2.75) is 64.6 Å². The number of piperidine rings is 1. The van der Waals surface area contributed by atoms with E-state index in [2.05, 4.69) is 52.6 Å². The maximum atomic E-state index is 13.7. The van der Waals surface area contributed by atoms with Crippen LogP contribution in [0.25, 0.3) is 5.65 Å². The molecule has 3 aromatic rings. The first-order valence-corrected chi connectivity index (χ1v) is 13.1. The summed E-state index contributed by atoms with van der Waals surface area (Å²) in [5, 5.41) is 0. The molecule has 5 heterocycles. The van der Waals surface area contributed by atoms with Crippen LogP contribution in [-0.4, -0.2) is 69.1 Å². The van der Waals surface area contributed by atoms with Crippen LogP contribution in [0.1, 0.15) is 69.1 Å². The Hall–Kier alpha value is -3.13. The molecule has 36 heavy (non-hydrogen) atoms. The van der Waals surface area contributed by atoms with Gasteiger partial charge in [0.15, 0.2) is 0 Å². The Morgan fingerprint density at radius 1 is 1.03 bits per heavy atom. The number of aryl methyl sites for hydroxylation is 1. The number of hydrogen-bond acceptors (Lipinski definition) is 6. The lowest BCUT2D eigenvalue weighted by atomic mass is 9.91. The number of anilines is 1. The van der Waals surface area contributed by atoms with E-state index in [0.29, 0.717) is 0 Å². The number of imidazole rings is 1. The molecule has 0 N–H and O–H groups in total. The van der Waals surface area contributed by atoms with Gasteiger partial charge in [-0.3, -0.25) is 14.3 Å². The van der Waals surface area contributed by atoms with Crippen LogP contribution in [-0.2, 0) is 4.74 Å². The molecule has 5 rings (SSSR count). The summed E-state index contributed by atoms with van der Waals surface area (Å²) >= 11 is 0. The number of rotatable bonds is 3. The zero-order chi connectivity index (χ0) is 25.4. The van der Waals surface area contributed by atoms with Gasteiger partial charge >= 0.3 is 6.09 Å². The molecule has 2 fully saturated rings. The van der Waals surface area contributed by atoms with Gasteiger partial charge in [-0.15, -0.1) is 0 Å². The third-order valence-electron chi connectivity index (χ3n) is 7.25. The second kappa shape index (κ2) is 9.73. The maximum Gasteiger partial charge on any atom is 0.411 e. The summed E-state index contributed by atoms with van der Waals surface area (Å²) < 4.78 is 8.12. The summed E-state index contributed by atoms with van der Waals surface area (Å²) in [6.07, 6.45) is 6.32. The number of likely N-dealkylation sites (N-methyl/N-ethyl adjacent to an activating group) is 1. The van der Waals surface area contributed by atoms with E-state index in [0.717, 1.165) is 73.9 Å². The minimum absolute atomic E-state index is 0.151. The summed E-state index contributed by atoms with van der Waals surface area (Å²) in [6, 6.07) is 9.96. The summed E-state index contributed by atoms with van der Waals surface area (Å²) in [5.41, 5.74) is 3.25. The van der Waals surface area contributed by atoms with Gasteiger partial charge in [-0.25, -0.2) is 9.78 Å². The highest BCUT2D eigenvalue weighted by Crippen LogP contribution is 2.42. The molecule has 8 heteroatoms. The monoisotopic (exact) mass is 490 g/mol. The van der Waals surface area contributed by atoms with E-state index >= 15 is 0 Å². The minimum Gasteiger partial charge on any atom is -0.444 e. The number of ether oxygens (including phenoxy) is 1. The lowest BCUT2D eigenvalue weighted by Crippen LogP contribution is -2.45. The number of hydrogen-bond donors (Lipinski definition) is 0. The molecule has 0 unspecified atom stereocenters. The van der Waals surface area contributed by atoms with Gasteiger partial charge in [0.25, 0.3) is 0 Å². The van der Waals surface area contributed by atoms with E-state index in [1.54, 1.807) is 0 Å². The van der Waals surface area contributed by atoms with E-state index in [-0.39, 0.29) is 18.2 Å². The molecule has 0 aliphatic carbocycles. The van der Waals surface area contributed by atoms with Crippen LogP contribution in [0.4, 0.5) is 10.6 Å². The Morgan fingerprint density at radius 3 is 2.50 bits per heavy atom. The third-order valence-corrected chi connectivity index (χ3v) is 7.25. The molecule has 2 aliphatic heterocycles. The van der Waals surface area contributed by atoms with E-state index in [1.165, 1.54) is 0 Å². The molecular formula is C28H38N6O2.